The molecule has 0 atom stereocenters. The Bertz CT molecular complexity index is 247. The van der Waals surface area contributed by atoms with Crippen molar-refractivity contribution in [2.75, 3.05) is 6.61 Å². The third kappa shape index (κ3) is 2.83. The molecule has 1 aliphatic carbocycles. The van der Waals surface area contributed by atoms with Gasteiger partial charge in [0.05, 0.1) is 6.61 Å². The minimum atomic E-state index is 0.245. The molecule has 1 saturated carbocycles. The zero-order valence-electron chi connectivity index (χ0n) is 9.34. The van der Waals surface area contributed by atoms with Crippen LogP contribution in [0, 0.1) is 5.92 Å². The van der Waals surface area contributed by atoms with Crippen molar-refractivity contribution in [3.8, 4) is 0 Å². The summed E-state index contributed by atoms with van der Waals surface area (Å²) < 4.78 is 5.35. The van der Waals surface area contributed by atoms with Crippen LogP contribution in [0.4, 0.5) is 0 Å². The molecule has 0 saturated heterocycles. The van der Waals surface area contributed by atoms with Gasteiger partial charge in [0.2, 0.25) is 0 Å². The molecule has 2 nitrogen and oxygen atoms in total. The van der Waals surface area contributed by atoms with Gasteiger partial charge in [-0.2, -0.15) is 0 Å². The zero-order valence-corrected chi connectivity index (χ0v) is 9.34. The second-order valence-corrected chi connectivity index (χ2v) is 4.61. The molecule has 0 aromatic rings. The highest BCUT2D eigenvalue weighted by Gasteiger charge is 2.24. The monoisotopic (exact) mass is 208 g/mol. The van der Waals surface area contributed by atoms with Crippen LogP contribution < -0.4 is 0 Å². The number of rotatable bonds is 2. The second-order valence-electron chi connectivity index (χ2n) is 4.61. The van der Waals surface area contributed by atoms with Gasteiger partial charge in [-0.15, -0.1) is 0 Å². The van der Waals surface area contributed by atoms with Crippen LogP contribution in [-0.2, 0) is 9.53 Å². The summed E-state index contributed by atoms with van der Waals surface area (Å²) in [5.41, 5.74) is 0. The van der Waals surface area contributed by atoms with E-state index in [1.165, 1.54) is 32.1 Å². The summed E-state index contributed by atoms with van der Waals surface area (Å²) in [6, 6.07) is 0. The summed E-state index contributed by atoms with van der Waals surface area (Å²) in [6.45, 7) is 0.702. The van der Waals surface area contributed by atoms with Crippen molar-refractivity contribution in [1.29, 1.82) is 0 Å². The lowest BCUT2D eigenvalue weighted by Gasteiger charge is -2.18. The fourth-order valence-corrected chi connectivity index (χ4v) is 2.51. The number of hydrogen-bond donors (Lipinski definition) is 0. The van der Waals surface area contributed by atoms with E-state index in [1.54, 1.807) is 0 Å². The molecule has 1 fully saturated rings. The molecule has 0 amide bonds. The number of carbonyl (C=O) groups excluding carboxylic acids is 1. The predicted octanol–water partition coefficient (Wildman–Crippen LogP) is 3.22. The first-order valence-electron chi connectivity index (χ1n) is 6.25. The summed E-state index contributed by atoms with van der Waals surface area (Å²) in [5, 5.41) is 0. The Labute approximate surface area is 91.7 Å². The lowest BCUT2D eigenvalue weighted by Crippen LogP contribution is -2.18. The molecule has 1 heterocycles. The van der Waals surface area contributed by atoms with Crippen LogP contribution >= 0.6 is 0 Å². The first-order valence-corrected chi connectivity index (χ1v) is 6.25. The standard InChI is InChI=1S/C13H20O2/c14-13(12-9-6-10-15-12)11-7-4-2-1-3-5-8-11/h9,11H,1-8,10H2. The van der Waals surface area contributed by atoms with Gasteiger partial charge in [-0.1, -0.05) is 32.1 Å². The molecule has 0 unspecified atom stereocenters. The Kier molecular flexibility index (Phi) is 3.81. The first-order chi connectivity index (χ1) is 7.38. The van der Waals surface area contributed by atoms with Gasteiger partial charge >= 0.3 is 0 Å². The van der Waals surface area contributed by atoms with Crippen LogP contribution in [0.2, 0.25) is 0 Å². The van der Waals surface area contributed by atoms with E-state index in [0.29, 0.717) is 12.4 Å². The van der Waals surface area contributed by atoms with Crippen molar-refractivity contribution >= 4 is 5.78 Å². The number of ether oxygens (including phenoxy) is 1. The van der Waals surface area contributed by atoms with Crippen molar-refractivity contribution in [3.05, 3.63) is 11.8 Å². The van der Waals surface area contributed by atoms with E-state index >= 15 is 0 Å². The maximum Gasteiger partial charge on any atom is 0.200 e. The van der Waals surface area contributed by atoms with Gasteiger partial charge in [-0.3, -0.25) is 4.79 Å². The molecule has 2 rings (SSSR count). The van der Waals surface area contributed by atoms with Crippen molar-refractivity contribution in [3.63, 3.8) is 0 Å². The summed E-state index contributed by atoms with van der Waals surface area (Å²) in [5.74, 6) is 1.17. The molecule has 0 radical (unpaired) electrons. The van der Waals surface area contributed by atoms with Crippen LogP contribution in [0.5, 0.6) is 0 Å². The Balaban J connectivity index is 1.91. The van der Waals surface area contributed by atoms with Crippen LogP contribution in [-0.4, -0.2) is 12.4 Å². The van der Waals surface area contributed by atoms with Crippen LogP contribution in [0.3, 0.4) is 0 Å². The number of allylic oxidation sites excluding steroid dienone is 1. The average Bonchev–Trinajstić information content (AvgIpc) is 2.68. The predicted molar refractivity (Wildman–Crippen MR) is 59.5 cm³/mol. The van der Waals surface area contributed by atoms with Crippen LogP contribution in [0.25, 0.3) is 0 Å². The Morgan fingerprint density at radius 3 is 2.40 bits per heavy atom. The second kappa shape index (κ2) is 5.34. The quantitative estimate of drug-likeness (QED) is 0.696. The number of Topliss-reactive ketones (excluding diaryl/α,β-unsaturated/α-hetero) is 1. The Morgan fingerprint density at radius 2 is 1.80 bits per heavy atom. The van der Waals surface area contributed by atoms with Crippen LogP contribution in [0.1, 0.15) is 51.4 Å². The average molecular weight is 208 g/mol. The van der Waals surface area contributed by atoms with E-state index in [4.69, 9.17) is 4.74 Å². The highest BCUT2D eigenvalue weighted by molar-refractivity contribution is 5.95. The Morgan fingerprint density at radius 1 is 1.13 bits per heavy atom. The van der Waals surface area contributed by atoms with E-state index in [2.05, 4.69) is 0 Å². The molecule has 15 heavy (non-hydrogen) atoms. The van der Waals surface area contributed by atoms with E-state index in [9.17, 15) is 4.79 Å². The van der Waals surface area contributed by atoms with Crippen molar-refractivity contribution in [2.24, 2.45) is 5.92 Å². The van der Waals surface area contributed by atoms with Crippen molar-refractivity contribution in [1.82, 2.24) is 0 Å². The molecule has 2 aliphatic rings. The molecule has 0 aromatic carbocycles. The smallest absolute Gasteiger partial charge is 0.200 e. The van der Waals surface area contributed by atoms with Gasteiger partial charge in [0.1, 0.15) is 0 Å². The minimum Gasteiger partial charge on any atom is -0.490 e. The molecule has 84 valence electrons. The third-order valence-electron chi connectivity index (χ3n) is 3.42. The molecular formula is C13H20O2. The highest BCUT2D eigenvalue weighted by Crippen LogP contribution is 2.26. The van der Waals surface area contributed by atoms with Crippen molar-refractivity contribution < 1.29 is 9.53 Å². The van der Waals surface area contributed by atoms with Gasteiger partial charge in [-0.05, 0) is 18.9 Å². The number of hydrogen-bond acceptors (Lipinski definition) is 2. The fourth-order valence-electron chi connectivity index (χ4n) is 2.51. The topological polar surface area (TPSA) is 26.3 Å². The molecule has 0 N–H and O–H groups in total. The van der Waals surface area contributed by atoms with Gasteiger partial charge in [-0.25, -0.2) is 0 Å². The first kappa shape index (κ1) is 10.7. The van der Waals surface area contributed by atoms with E-state index in [0.717, 1.165) is 19.3 Å². The maximum atomic E-state index is 12.1. The van der Waals surface area contributed by atoms with E-state index < -0.39 is 0 Å². The molecular weight excluding hydrogens is 188 g/mol. The van der Waals surface area contributed by atoms with E-state index in [1.807, 2.05) is 6.08 Å². The SMILES string of the molecule is O=C(C1=CCCO1)C1CCCCCCC1. The molecule has 0 aromatic heterocycles. The van der Waals surface area contributed by atoms with Gasteiger partial charge < -0.3 is 4.74 Å². The minimum absolute atomic E-state index is 0.245. The van der Waals surface area contributed by atoms with Gasteiger partial charge in [0.15, 0.2) is 11.5 Å². The van der Waals surface area contributed by atoms with Gasteiger partial charge in [0.25, 0.3) is 0 Å². The lowest BCUT2D eigenvalue weighted by atomic mass is 9.87. The summed E-state index contributed by atoms with van der Waals surface area (Å²) in [4.78, 5) is 12.1. The highest BCUT2D eigenvalue weighted by atomic mass is 16.5. The lowest BCUT2D eigenvalue weighted by molar-refractivity contribution is -0.122. The van der Waals surface area contributed by atoms with E-state index in [-0.39, 0.29) is 11.7 Å². The van der Waals surface area contributed by atoms with Gasteiger partial charge in [0, 0.05) is 12.3 Å². The van der Waals surface area contributed by atoms with Crippen molar-refractivity contribution in [2.45, 2.75) is 51.4 Å². The summed E-state index contributed by atoms with van der Waals surface area (Å²) in [6.07, 6.45) is 11.4. The summed E-state index contributed by atoms with van der Waals surface area (Å²) >= 11 is 0. The largest absolute Gasteiger partial charge is 0.490 e. The maximum absolute atomic E-state index is 12.1. The molecule has 1 aliphatic heterocycles. The molecule has 0 bridgehead atoms. The van der Waals surface area contributed by atoms with Crippen LogP contribution in [0.15, 0.2) is 11.8 Å². The normalized spacial score (nSPS) is 23.9. The molecule has 2 heteroatoms. The Hall–Kier alpha value is -0.790. The fraction of sp³-hybridized carbons (Fsp3) is 0.769. The zero-order chi connectivity index (χ0) is 10.5. The molecule has 0 spiro atoms. The summed E-state index contributed by atoms with van der Waals surface area (Å²) in [7, 11) is 0. The number of carbonyl (C=O) groups is 1. The number of ketones is 1. The third-order valence-corrected chi connectivity index (χ3v) is 3.42.